The Morgan fingerprint density at radius 2 is 1.92 bits per heavy atom. The Balaban J connectivity index is 1.68. The van der Waals surface area contributed by atoms with Crippen LogP contribution in [0, 0.1) is 0 Å². The van der Waals surface area contributed by atoms with Crippen LogP contribution >= 0.6 is 11.6 Å². The van der Waals surface area contributed by atoms with Gasteiger partial charge in [-0.15, -0.1) is 0 Å². The van der Waals surface area contributed by atoms with Gasteiger partial charge >= 0.3 is 0 Å². The highest BCUT2D eigenvalue weighted by atomic mass is 35.5. The van der Waals surface area contributed by atoms with E-state index in [2.05, 4.69) is 10.2 Å². The molecule has 3 heterocycles. The molecule has 2 N–H and O–H groups in total. The Hall–Kier alpha value is -2.53. The number of hydrogen-bond donors (Lipinski definition) is 2. The summed E-state index contributed by atoms with van der Waals surface area (Å²) < 4.78 is 0. The summed E-state index contributed by atoms with van der Waals surface area (Å²) in [5, 5.41) is 14.5. The minimum atomic E-state index is 0.00964. The van der Waals surface area contributed by atoms with Crippen molar-refractivity contribution in [1.82, 2.24) is 9.97 Å². The van der Waals surface area contributed by atoms with Crippen LogP contribution in [0.25, 0.3) is 11.0 Å². The average Bonchev–Trinajstić information content (AvgIpc) is 2.62. The van der Waals surface area contributed by atoms with Crippen LogP contribution in [-0.2, 0) is 6.42 Å². The lowest BCUT2D eigenvalue weighted by Crippen LogP contribution is -2.43. The van der Waals surface area contributed by atoms with E-state index in [1.807, 2.05) is 24.3 Å². The highest BCUT2D eigenvalue weighted by Gasteiger charge is 2.36. The topological polar surface area (TPSA) is 61.3 Å². The van der Waals surface area contributed by atoms with Crippen molar-refractivity contribution in [2.75, 3.05) is 23.3 Å². The zero-order chi connectivity index (χ0) is 16.3. The summed E-state index contributed by atoms with van der Waals surface area (Å²) in [6, 6.07) is 11.3. The molecule has 5 nitrogen and oxygen atoms in total. The van der Waals surface area contributed by atoms with E-state index in [0.29, 0.717) is 12.3 Å². The number of benzene rings is 2. The lowest BCUT2D eigenvalue weighted by atomic mass is 9.90. The van der Waals surface area contributed by atoms with Crippen molar-refractivity contribution in [1.29, 1.82) is 0 Å². The van der Waals surface area contributed by atoms with Crippen LogP contribution in [0.4, 0.5) is 11.6 Å². The van der Waals surface area contributed by atoms with Crippen molar-refractivity contribution in [2.45, 2.75) is 12.5 Å². The molecule has 2 aliphatic heterocycles. The Bertz CT molecular complexity index is 975. The molecule has 0 saturated carbocycles. The van der Waals surface area contributed by atoms with Crippen molar-refractivity contribution < 1.29 is 5.11 Å². The number of para-hydroxylation sites is 2. The highest BCUT2D eigenvalue weighted by Crippen LogP contribution is 2.44. The molecule has 6 heteroatoms. The monoisotopic (exact) mass is 338 g/mol. The van der Waals surface area contributed by atoms with Gasteiger partial charge < -0.3 is 15.3 Å². The molecule has 24 heavy (non-hydrogen) atoms. The smallest absolute Gasteiger partial charge is 0.172 e. The van der Waals surface area contributed by atoms with Crippen LogP contribution in [0.15, 0.2) is 36.4 Å². The second-order valence-electron chi connectivity index (χ2n) is 6.18. The lowest BCUT2D eigenvalue weighted by molar-refractivity contribution is 0.450. The first-order valence-corrected chi connectivity index (χ1v) is 8.38. The van der Waals surface area contributed by atoms with E-state index in [9.17, 15) is 5.11 Å². The van der Waals surface area contributed by atoms with Gasteiger partial charge in [0.05, 0.1) is 17.1 Å². The summed E-state index contributed by atoms with van der Waals surface area (Å²) in [6.07, 6.45) is 0.785. The van der Waals surface area contributed by atoms with E-state index >= 15 is 0 Å². The van der Waals surface area contributed by atoms with E-state index in [-0.39, 0.29) is 6.04 Å². The second kappa shape index (κ2) is 4.98. The lowest BCUT2D eigenvalue weighted by Gasteiger charge is -2.42. The first kappa shape index (κ1) is 13.9. The molecule has 120 valence electrons. The highest BCUT2D eigenvalue weighted by molar-refractivity contribution is 6.31. The van der Waals surface area contributed by atoms with Crippen molar-refractivity contribution >= 4 is 34.3 Å². The molecular formula is C18H15ClN4O. The van der Waals surface area contributed by atoms with Crippen molar-refractivity contribution in [2.24, 2.45) is 0 Å². The maximum absolute atomic E-state index is 10.4. The number of aromatic hydroxyl groups is 1. The quantitative estimate of drug-likeness (QED) is 0.656. The van der Waals surface area contributed by atoms with Gasteiger partial charge in [-0.1, -0.05) is 23.7 Å². The molecule has 5 rings (SSSR count). The molecule has 0 aliphatic carbocycles. The van der Waals surface area contributed by atoms with Gasteiger partial charge in [0, 0.05) is 23.7 Å². The molecule has 0 bridgehead atoms. The van der Waals surface area contributed by atoms with Crippen LogP contribution in [0.5, 0.6) is 5.75 Å². The van der Waals surface area contributed by atoms with Gasteiger partial charge in [-0.2, -0.15) is 0 Å². The Morgan fingerprint density at radius 3 is 2.75 bits per heavy atom. The van der Waals surface area contributed by atoms with Crippen LogP contribution < -0.4 is 10.2 Å². The predicted octanol–water partition coefficient (Wildman–Crippen LogP) is 3.52. The van der Waals surface area contributed by atoms with Gasteiger partial charge in [0.15, 0.2) is 11.6 Å². The standard InChI is InChI=1S/C18H15ClN4O/c19-11-5-6-15(24)16-10(11)7-8-23-14(16)9-20-17-18(23)22-13-4-2-1-3-12(13)21-17/h1-6,14,24H,7-9H2,(H,20,21). The maximum atomic E-state index is 10.4. The van der Waals surface area contributed by atoms with Gasteiger partial charge in [0.25, 0.3) is 0 Å². The van der Waals surface area contributed by atoms with E-state index in [0.717, 1.165) is 51.8 Å². The number of phenolic OH excluding ortho intramolecular Hbond substituents is 1. The van der Waals surface area contributed by atoms with Gasteiger partial charge in [-0.3, -0.25) is 0 Å². The SMILES string of the molecule is Oc1ccc(Cl)c2c1C1CNc3nc4ccccc4nc3N1CC2. The number of halogens is 1. The molecule has 3 aromatic rings. The summed E-state index contributed by atoms with van der Waals surface area (Å²) in [5.74, 6) is 1.94. The number of phenols is 1. The summed E-state index contributed by atoms with van der Waals surface area (Å²) in [5.41, 5.74) is 3.70. The van der Waals surface area contributed by atoms with Crippen molar-refractivity contribution in [3.63, 3.8) is 0 Å². The summed E-state index contributed by atoms with van der Waals surface area (Å²) >= 11 is 6.35. The fourth-order valence-corrected chi connectivity index (χ4v) is 4.02. The van der Waals surface area contributed by atoms with Gasteiger partial charge in [0.1, 0.15) is 5.75 Å². The van der Waals surface area contributed by atoms with Crippen molar-refractivity contribution in [3.8, 4) is 5.75 Å². The number of fused-ring (bicyclic) bond motifs is 6. The first-order chi connectivity index (χ1) is 11.7. The van der Waals surface area contributed by atoms with E-state index in [1.165, 1.54) is 0 Å². The minimum Gasteiger partial charge on any atom is -0.508 e. The fourth-order valence-electron chi connectivity index (χ4n) is 3.76. The van der Waals surface area contributed by atoms with Gasteiger partial charge in [-0.25, -0.2) is 9.97 Å². The van der Waals surface area contributed by atoms with Gasteiger partial charge in [-0.05, 0) is 36.2 Å². The molecule has 1 atom stereocenters. The Labute approximate surface area is 143 Å². The number of rotatable bonds is 0. The summed E-state index contributed by atoms with van der Waals surface area (Å²) in [7, 11) is 0. The fraction of sp³-hybridized carbons (Fsp3) is 0.222. The van der Waals surface area contributed by atoms with E-state index in [4.69, 9.17) is 21.6 Å². The normalized spacial score (nSPS) is 18.5. The predicted molar refractivity (Wildman–Crippen MR) is 94.9 cm³/mol. The zero-order valence-corrected chi connectivity index (χ0v) is 13.6. The minimum absolute atomic E-state index is 0.00964. The molecule has 1 unspecified atom stereocenters. The third-order valence-electron chi connectivity index (χ3n) is 4.88. The molecule has 0 saturated heterocycles. The molecule has 0 radical (unpaired) electrons. The van der Waals surface area contributed by atoms with Crippen LogP contribution in [0.1, 0.15) is 17.2 Å². The zero-order valence-electron chi connectivity index (χ0n) is 12.8. The molecular weight excluding hydrogens is 324 g/mol. The Morgan fingerprint density at radius 1 is 1.12 bits per heavy atom. The molecule has 0 fully saturated rings. The summed E-state index contributed by atoms with van der Waals surface area (Å²) in [4.78, 5) is 11.7. The van der Waals surface area contributed by atoms with E-state index < -0.39 is 0 Å². The third kappa shape index (κ3) is 1.88. The number of nitrogens with zero attached hydrogens (tertiary/aromatic N) is 3. The number of nitrogens with one attached hydrogen (secondary N) is 1. The first-order valence-electron chi connectivity index (χ1n) is 8.00. The van der Waals surface area contributed by atoms with Crippen LogP contribution in [0.3, 0.4) is 0 Å². The van der Waals surface area contributed by atoms with Crippen LogP contribution in [0.2, 0.25) is 5.02 Å². The van der Waals surface area contributed by atoms with Crippen LogP contribution in [-0.4, -0.2) is 28.2 Å². The molecule has 2 aromatic carbocycles. The molecule has 0 amide bonds. The van der Waals surface area contributed by atoms with E-state index in [1.54, 1.807) is 12.1 Å². The van der Waals surface area contributed by atoms with Crippen molar-refractivity contribution in [3.05, 3.63) is 52.5 Å². The largest absolute Gasteiger partial charge is 0.508 e. The molecule has 2 aliphatic rings. The molecule has 0 spiro atoms. The number of aromatic nitrogens is 2. The second-order valence-corrected chi connectivity index (χ2v) is 6.59. The third-order valence-corrected chi connectivity index (χ3v) is 5.23. The Kier molecular flexibility index (Phi) is 2.88. The molecule has 1 aromatic heterocycles. The average molecular weight is 339 g/mol. The number of hydrogen-bond acceptors (Lipinski definition) is 5. The maximum Gasteiger partial charge on any atom is 0.172 e. The number of anilines is 2. The summed E-state index contributed by atoms with van der Waals surface area (Å²) in [6.45, 7) is 1.48. The van der Waals surface area contributed by atoms with Gasteiger partial charge in [0.2, 0.25) is 0 Å².